The zero-order valence-corrected chi connectivity index (χ0v) is 15.6. The van der Waals surface area contributed by atoms with Crippen molar-refractivity contribution in [2.45, 2.75) is 25.8 Å². The Bertz CT molecular complexity index is 877. The number of amides is 1. The highest BCUT2D eigenvalue weighted by Crippen LogP contribution is 2.35. The van der Waals surface area contributed by atoms with Crippen molar-refractivity contribution in [3.05, 3.63) is 65.2 Å². The summed E-state index contributed by atoms with van der Waals surface area (Å²) in [6.45, 7) is 3.56. The van der Waals surface area contributed by atoms with E-state index in [9.17, 15) is 9.59 Å². The number of carbonyl (C=O) groups excluding carboxylic acids is 2. The fourth-order valence-corrected chi connectivity index (χ4v) is 3.86. The lowest BCUT2D eigenvalue weighted by atomic mass is 9.89. The smallest absolute Gasteiger partial charge is 0.255 e. The average Bonchev–Trinajstić information content (AvgIpc) is 2.62. The number of nitrogens with two attached hydrogens (primary N) is 1. The molecular weight excluding hydrogens is 346 g/mol. The van der Waals surface area contributed by atoms with Crippen molar-refractivity contribution in [3.63, 3.8) is 0 Å². The number of nitrogens with one attached hydrogen (secondary N) is 1. The first-order chi connectivity index (χ1) is 12.4. The first kappa shape index (κ1) is 18.2. The number of thioether (sulfide) groups is 1. The molecule has 1 heterocycles. The molecule has 26 heavy (non-hydrogen) atoms. The van der Waals surface area contributed by atoms with Gasteiger partial charge >= 0.3 is 0 Å². The number of amidine groups is 1. The minimum absolute atomic E-state index is 0.0247. The fourth-order valence-electron chi connectivity index (χ4n) is 2.89. The van der Waals surface area contributed by atoms with Gasteiger partial charge in [-0.2, -0.15) is 0 Å². The minimum atomic E-state index is -0.376. The molecule has 2 aromatic carbocycles. The Morgan fingerprint density at radius 3 is 2.50 bits per heavy atom. The molecule has 6 heteroatoms. The van der Waals surface area contributed by atoms with Crippen LogP contribution in [0.15, 0.2) is 53.5 Å². The quantitative estimate of drug-likeness (QED) is 0.805. The summed E-state index contributed by atoms with van der Waals surface area (Å²) in [6.07, 6.45) is 0.891. The normalized spacial score (nSPS) is 19.5. The lowest BCUT2D eigenvalue weighted by Gasteiger charge is -2.30. The molecule has 3 N–H and O–H groups in total. The maximum atomic E-state index is 12.5. The van der Waals surface area contributed by atoms with Gasteiger partial charge in [-0.1, -0.05) is 36.0 Å². The number of anilines is 1. The monoisotopic (exact) mass is 367 g/mol. The van der Waals surface area contributed by atoms with Crippen LogP contribution in [0.4, 0.5) is 5.69 Å². The van der Waals surface area contributed by atoms with E-state index in [1.165, 1.54) is 6.92 Å². The van der Waals surface area contributed by atoms with Crippen molar-refractivity contribution >= 4 is 34.3 Å². The molecule has 0 aromatic heterocycles. The third-order valence-electron chi connectivity index (χ3n) is 4.49. The number of nitrogens with zero attached hydrogens (tertiary/aromatic N) is 1. The van der Waals surface area contributed by atoms with Crippen LogP contribution in [0, 0.1) is 0 Å². The largest absolute Gasteiger partial charge is 0.379 e. The van der Waals surface area contributed by atoms with Gasteiger partial charge in [-0.05, 0) is 50.1 Å². The van der Waals surface area contributed by atoms with Crippen LogP contribution >= 0.6 is 11.8 Å². The molecule has 3 rings (SSSR count). The van der Waals surface area contributed by atoms with E-state index >= 15 is 0 Å². The Hall–Kier alpha value is -2.60. The van der Waals surface area contributed by atoms with Crippen molar-refractivity contribution in [1.29, 1.82) is 0 Å². The molecule has 2 aromatic rings. The third kappa shape index (κ3) is 3.96. The van der Waals surface area contributed by atoms with E-state index < -0.39 is 0 Å². The maximum Gasteiger partial charge on any atom is 0.255 e. The van der Waals surface area contributed by atoms with Gasteiger partial charge in [0.15, 0.2) is 11.0 Å². The van der Waals surface area contributed by atoms with Gasteiger partial charge < -0.3 is 11.1 Å². The second-order valence-corrected chi connectivity index (χ2v) is 7.61. The summed E-state index contributed by atoms with van der Waals surface area (Å²) in [5, 5.41) is 3.50. The van der Waals surface area contributed by atoms with Gasteiger partial charge in [0.25, 0.3) is 5.91 Å². The number of benzene rings is 2. The van der Waals surface area contributed by atoms with Crippen LogP contribution < -0.4 is 11.1 Å². The standard InChI is InChI=1S/C20H21N3O2S/c1-13(24)14-6-8-15(9-7-14)18(25)22-17-5-3-4-16(12-17)20(2)10-11-26-19(21)23-20/h3-9,12H,10-11H2,1-2H3,(H2,21,23)(H,22,25). The highest BCUT2D eigenvalue weighted by Gasteiger charge is 2.29. The molecule has 0 bridgehead atoms. The van der Waals surface area contributed by atoms with Crippen molar-refractivity contribution in [1.82, 2.24) is 0 Å². The molecule has 0 aliphatic carbocycles. The number of hydrogen-bond donors (Lipinski definition) is 2. The van der Waals surface area contributed by atoms with E-state index in [1.54, 1.807) is 36.0 Å². The van der Waals surface area contributed by atoms with Crippen LogP contribution in [0.3, 0.4) is 0 Å². The van der Waals surface area contributed by atoms with E-state index in [2.05, 4.69) is 17.2 Å². The Morgan fingerprint density at radius 1 is 1.15 bits per heavy atom. The summed E-state index contributed by atoms with van der Waals surface area (Å²) >= 11 is 1.56. The molecule has 5 nitrogen and oxygen atoms in total. The van der Waals surface area contributed by atoms with E-state index in [4.69, 9.17) is 5.73 Å². The van der Waals surface area contributed by atoms with Crippen molar-refractivity contribution < 1.29 is 9.59 Å². The fraction of sp³-hybridized carbons (Fsp3) is 0.250. The molecule has 1 amide bonds. The number of carbonyl (C=O) groups is 2. The second kappa shape index (κ2) is 7.33. The molecule has 0 spiro atoms. The maximum absolute atomic E-state index is 12.5. The molecule has 0 saturated heterocycles. The van der Waals surface area contributed by atoms with Crippen molar-refractivity contribution in [2.24, 2.45) is 10.7 Å². The second-order valence-electron chi connectivity index (χ2n) is 6.49. The predicted octanol–water partition coefficient (Wildman–Crippen LogP) is 3.81. The molecule has 1 unspecified atom stereocenters. The molecule has 0 radical (unpaired) electrons. The minimum Gasteiger partial charge on any atom is -0.379 e. The van der Waals surface area contributed by atoms with Gasteiger partial charge in [0.05, 0.1) is 5.54 Å². The molecule has 1 aliphatic heterocycles. The van der Waals surface area contributed by atoms with Gasteiger partial charge in [-0.25, -0.2) is 0 Å². The summed E-state index contributed by atoms with van der Waals surface area (Å²) in [4.78, 5) is 28.4. The van der Waals surface area contributed by atoms with Crippen LogP contribution in [-0.4, -0.2) is 22.6 Å². The summed E-state index contributed by atoms with van der Waals surface area (Å²) in [5.74, 6) is 0.679. The van der Waals surface area contributed by atoms with Gasteiger partial charge in [0.1, 0.15) is 0 Å². The molecule has 1 aliphatic rings. The van der Waals surface area contributed by atoms with Crippen LogP contribution in [-0.2, 0) is 5.54 Å². The number of Topliss-reactive ketones (excluding diaryl/α,β-unsaturated/α-hetero) is 1. The van der Waals surface area contributed by atoms with Crippen LogP contribution in [0.1, 0.15) is 46.5 Å². The number of rotatable bonds is 4. The number of aliphatic imine (C=N–C) groups is 1. The Labute approximate surface area is 157 Å². The van der Waals surface area contributed by atoms with Crippen LogP contribution in [0.2, 0.25) is 0 Å². The third-order valence-corrected chi connectivity index (χ3v) is 5.29. The Kier molecular flexibility index (Phi) is 5.13. The van der Waals surface area contributed by atoms with Gasteiger partial charge in [0.2, 0.25) is 0 Å². The first-order valence-electron chi connectivity index (χ1n) is 8.38. The van der Waals surface area contributed by atoms with Crippen LogP contribution in [0.25, 0.3) is 0 Å². The molecule has 0 fully saturated rings. The molecule has 134 valence electrons. The van der Waals surface area contributed by atoms with Gasteiger partial charge in [-0.3, -0.25) is 14.6 Å². The SMILES string of the molecule is CC(=O)c1ccc(C(=O)Nc2cccc(C3(C)CCSC(N)=N3)c2)cc1. The summed E-state index contributed by atoms with van der Waals surface area (Å²) < 4.78 is 0. The van der Waals surface area contributed by atoms with E-state index in [-0.39, 0.29) is 17.2 Å². The summed E-state index contributed by atoms with van der Waals surface area (Å²) in [5.41, 5.74) is 8.33. The van der Waals surface area contributed by atoms with Gasteiger partial charge in [0, 0.05) is 22.6 Å². The van der Waals surface area contributed by atoms with E-state index in [1.807, 2.05) is 24.3 Å². The molecular formula is C20H21N3O2S. The molecule has 1 atom stereocenters. The summed E-state index contributed by atoms with van der Waals surface area (Å²) in [6, 6.07) is 14.3. The zero-order valence-electron chi connectivity index (χ0n) is 14.8. The number of ketones is 1. The van der Waals surface area contributed by atoms with E-state index in [0.717, 1.165) is 17.7 Å². The zero-order chi connectivity index (χ0) is 18.7. The first-order valence-corrected chi connectivity index (χ1v) is 9.37. The lowest BCUT2D eigenvalue weighted by molar-refractivity contribution is 0.101. The van der Waals surface area contributed by atoms with Crippen LogP contribution in [0.5, 0.6) is 0 Å². The average molecular weight is 367 g/mol. The number of hydrogen-bond acceptors (Lipinski definition) is 5. The summed E-state index contributed by atoms with van der Waals surface area (Å²) in [7, 11) is 0. The van der Waals surface area contributed by atoms with Gasteiger partial charge in [-0.15, -0.1) is 0 Å². The van der Waals surface area contributed by atoms with Crippen molar-refractivity contribution in [3.8, 4) is 0 Å². The Morgan fingerprint density at radius 2 is 1.85 bits per heavy atom. The van der Waals surface area contributed by atoms with E-state index in [0.29, 0.717) is 22.0 Å². The van der Waals surface area contributed by atoms with Crippen molar-refractivity contribution in [2.75, 3.05) is 11.1 Å². The Balaban J connectivity index is 1.79. The lowest BCUT2D eigenvalue weighted by Crippen LogP contribution is -2.28. The molecule has 0 saturated carbocycles. The highest BCUT2D eigenvalue weighted by molar-refractivity contribution is 8.13. The highest BCUT2D eigenvalue weighted by atomic mass is 32.2. The topological polar surface area (TPSA) is 84.5 Å². The predicted molar refractivity (Wildman–Crippen MR) is 107 cm³/mol.